The standard InChI is InChI=1S/C12H13F3N2O2/c13-12(14,15)10(18)19-11(4-7-16-8-5-11)9-3-1-2-6-17-9/h1-3,6,16H,4-5,7-8H2. The van der Waals surface area contributed by atoms with Gasteiger partial charge >= 0.3 is 12.1 Å². The number of carbonyl (C=O) groups is 1. The van der Waals surface area contributed by atoms with Crippen LogP contribution in [0, 0.1) is 0 Å². The molecule has 0 radical (unpaired) electrons. The summed E-state index contributed by atoms with van der Waals surface area (Å²) in [6.07, 6.45) is -2.98. The van der Waals surface area contributed by atoms with Gasteiger partial charge < -0.3 is 10.1 Å². The molecule has 2 rings (SSSR count). The first-order valence-corrected chi connectivity index (χ1v) is 5.86. The highest BCUT2D eigenvalue weighted by molar-refractivity contribution is 5.76. The van der Waals surface area contributed by atoms with Gasteiger partial charge in [0, 0.05) is 19.0 Å². The van der Waals surface area contributed by atoms with E-state index in [2.05, 4.69) is 10.3 Å². The van der Waals surface area contributed by atoms with Crippen LogP contribution in [0.25, 0.3) is 0 Å². The van der Waals surface area contributed by atoms with Crippen molar-refractivity contribution in [1.82, 2.24) is 10.3 Å². The zero-order valence-corrected chi connectivity index (χ0v) is 10.0. The van der Waals surface area contributed by atoms with E-state index < -0.39 is 17.7 Å². The highest BCUT2D eigenvalue weighted by Crippen LogP contribution is 2.35. The Morgan fingerprint density at radius 3 is 2.53 bits per heavy atom. The second-order valence-corrected chi connectivity index (χ2v) is 4.35. The normalized spacial score (nSPS) is 18.9. The molecular formula is C12H13F3N2O2. The van der Waals surface area contributed by atoms with Gasteiger partial charge in [-0.15, -0.1) is 0 Å². The minimum absolute atomic E-state index is 0.270. The molecule has 4 nitrogen and oxygen atoms in total. The molecule has 0 saturated carbocycles. The molecule has 0 amide bonds. The van der Waals surface area contributed by atoms with E-state index in [1.165, 1.54) is 6.20 Å². The number of carbonyl (C=O) groups excluding carboxylic acids is 1. The number of halogens is 3. The molecule has 1 saturated heterocycles. The number of pyridine rings is 1. The van der Waals surface area contributed by atoms with Crippen LogP contribution in [0.1, 0.15) is 18.5 Å². The topological polar surface area (TPSA) is 51.2 Å². The Morgan fingerprint density at radius 1 is 1.32 bits per heavy atom. The van der Waals surface area contributed by atoms with Crippen LogP contribution in [0.5, 0.6) is 0 Å². The third-order valence-electron chi connectivity index (χ3n) is 3.06. The fourth-order valence-electron chi connectivity index (χ4n) is 2.11. The van der Waals surface area contributed by atoms with Crippen LogP contribution in [0.2, 0.25) is 0 Å². The van der Waals surface area contributed by atoms with Crippen LogP contribution >= 0.6 is 0 Å². The first-order chi connectivity index (χ1) is 8.94. The molecular weight excluding hydrogens is 261 g/mol. The molecule has 1 fully saturated rings. The molecule has 0 aromatic carbocycles. The summed E-state index contributed by atoms with van der Waals surface area (Å²) in [5.41, 5.74) is -0.937. The van der Waals surface area contributed by atoms with Crippen LogP contribution in [-0.4, -0.2) is 30.2 Å². The molecule has 1 aromatic heterocycles. The minimum atomic E-state index is -4.99. The zero-order valence-electron chi connectivity index (χ0n) is 10.0. The fraction of sp³-hybridized carbons (Fsp3) is 0.500. The number of esters is 1. The Morgan fingerprint density at radius 2 is 2.00 bits per heavy atom. The smallest absolute Gasteiger partial charge is 0.446 e. The van der Waals surface area contributed by atoms with Gasteiger partial charge in [0.25, 0.3) is 0 Å². The second-order valence-electron chi connectivity index (χ2n) is 4.35. The Hall–Kier alpha value is -1.63. The molecule has 0 atom stereocenters. The van der Waals surface area contributed by atoms with Crippen LogP contribution < -0.4 is 5.32 Å². The summed E-state index contributed by atoms with van der Waals surface area (Å²) < 4.78 is 41.9. The average molecular weight is 274 g/mol. The quantitative estimate of drug-likeness (QED) is 0.835. The van der Waals surface area contributed by atoms with Gasteiger partial charge in [-0.3, -0.25) is 4.98 Å². The van der Waals surface area contributed by atoms with Crippen molar-refractivity contribution in [2.24, 2.45) is 0 Å². The van der Waals surface area contributed by atoms with Gasteiger partial charge in [0.15, 0.2) is 5.60 Å². The van der Waals surface area contributed by atoms with Gasteiger partial charge in [0.2, 0.25) is 0 Å². The minimum Gasteiger partial charge on any atom is -0.446 e. The van der Waals surface area contributed by atoms with E-state index in [9.17, 15) is 18.0 Å². The summed E-state index contributed by atoms with van der Waals surface area (Å²) in [6, 6.07) is 4.90. The third-order valence-corrected chi connectivity index (χ3v) is 3.06. The summed E-state index contributed by atoms with van der Waals surface area (Å²) in [5.74, 6) is -2.17. The summed E-state index contributed by atoms with van der Waals surface area (Å²) in [4.78, 5) is 15.2. The fourth-order valence-corrected chi connectivity index (χ4v) is 2.11. The van der Waals surface area contributed by atoms with Crippen molar-refractivity contribution in [2.75, 3.05) is 13.1 Å². The number of piperidine rings is 1. The van der Waals surface area contributed by atoms with E-state index in [1.54, 1.807) is 18.2 Å². The molecule has 19 heavy (non-hydrogen) atoms. The van der Waals surface area contributed by atoms with Crippen molar-refractivity contribution in [3.05, 3.63) is 30.1 Å². The maximum absolute atomic E-state index is 12.4. The van der Waals surface area contributed by atoms with E-state index >= 15 is 0 Å². The van der Waals surface area contributed by atoms with Gasteiger partial charge in [-0.25, -0.2) is 4.79 Å². The van der Waals surface area contributed by atoms with Crippen LogP contribution in [0.3, 0.4) is 0 Å². The molecule has 1 aliphatic rings. The lowest BCUT2D eigenvalue weighted by Gasteiger charge is -2.36. The molecule has 0 bridgehead atoms. The SMILES string of the molecule is O=C(OC1(c2ccccn2)CCNCC1)C(F)(F)F. The van der Waals surface area contributed by atoms with Crippen molar-refractivity contribution >= 4 is 5.97 Å². The van der Waals surface area contributed by atoms with Crippen molar-refractivity contribution in [2.45, 2.75) is 24.6 Å². The Kier molecular flexibility index (Phi) is 3.75. The Bertz CT molecular complexity index is 442. The molecule has 1 N–H and O–H groups in total. The van der Waals surface area contributed by atoms with E-state index in [0.717, 1.165) is 0 Å². The molecule has 1 aliphatic heterocycles. The van der Waals surface area contributed by atoms with Gasteiger partial charge in [-0.05, 0) is 25.2 Å². The lowest BCUT2D eigenvalue weighted by Crippen LogP contribution is -2.45. The van der Waals surface area contributed by atoms with Crippen molar-refractivity contribution in [3.8, 4) is 0 Å². The number of ether oxygens (including phenoxy) is 1. The van der Waals surface area contributed by atoms with Gasteiger partial charge in [0.1, 0.15) is 0 Å². The second kappa shape index (κ2) is 5.16. The van der Waals surface area contributed by atoms with Crippen molar-refractivity contribution in [3.63, 3.8) is 0 Å². The number of hydrogen-bond acceptors (Lipinski definition) is 4. The maximum atomic E-state index is 12.4. The van der Waals surface area contributed by atoms with E-state index in [1.807, 2.05) is 0 Å². The van der Waals surface area contributed by atoms with Gasteiger partial charge in [-0.2, -0.15) is 13.2 Å². The van der Waals surface area contributed by atoms with Gasteiger partial charge in [0.05, 0.1) is 5.69 Å². The molecule has 1 aromatic rings. The molecule has 2 heterocycles. The van der Waals surface area contributed by atoms with E-state index in [0.29, 0.717) is 18.8 Å². The predicted octanol–water partition coefficient (Wildman–Crippen LogP) is 1.77. The number of hydrogen-bond donors (Lipinski definition) is 1. The molecule has 104 valence electrons. The maximum Gasteiger partial charge on any atom is 0.490 e. The van der Waals surface area contributed by atoms with Crippen molar-refractivity contribution in [1.29, 1.82) is 0 Å². The first-order valence-electron chi connectivity index (χ1n) is 5.86. The number of nitrogens with one attached hydrogen (secondary N) is 1. The number of rotatable bonds is 2. The summed E-state index contributed by atoms with van der Waals surface area (Å²) in [7, 11) is 0. The average Bonchev–Trinajstić information content (AvgIpc) is 2.40. The highest BCUT2D eigenvalue weighted by Gasteiger charge is 2.48. The summed E-state index contributed by atoms with van der Waals surface area (Å²) in [5, 5.41) is 3.02. The number of nitrogens with zero attached hydrogens (tertiary/aromatic N) is 1. The lowest BCUT2D eigenvalue weighted by atomic mass is 9.88. The summed E-state index contributed by atoms with van der Waals surface area (Å²) >= 11 is 0. The van der Waals surface area contributed by atoms with E-state index in [-0.39, 0.29) is 12.8 Å². The van der Waals surface area contributed by atoms with E-state index in [4.69, 9.17) is 4.74 Å². The highest BCUT2D eigenvalue weighted by atomic mass is 19.4. The number of alkyl halides is 3. The monoisotopic (exact) mass is 274 g/mol. The van der Waals surface area contributed by atoms with Crippen LogP contribution in [-0.2, 0) is 15.1 Å². The van der Waals surface area contributed by atoms with Crippen LogP contribution in [0.15, 0.2) is 24.4 Å². The van der Waals surface area contributed by atoms with Gasteiger partial charge in [-0.1, -0.05) is 6.07 Å². The lowest BCUT2D eigenvalue weighted by molar-refractivity contribution is -0.218. The molecule has 0 unspecified atom stereocenters. The number of aromatic nitrogens is 1. The Balaban J connectivity index is 2.28. The predicted molar refractivity (Wildman–Crippen MR) is 60.2 cm³/mol. The molecule has 7 heteroatoms. The molecule has 0 spiro atoms. The Labute approximate surface area is 108 Å². The largest absolute Gasteiger partial charge is 0.490 e. The first kappa shape index (κ1) is 13.8. The third kappa shape index (κ3) is 3.04. The summed E-state index contributed by atoms with van der Waals surface area (Å²) in [6.45, 7) is 0.948. The van der Waals surface area contributed by atoms with Crippen LogP contribution in [0.4, 0.5) is 13.2 Å². The molecule has 0 aliphatic carbocycles. The van der Waals surface area contributed by atoms with Crippen molar-refractivity contribution < 1.29 is 22.7 Å². The zero-order chi connectivity index (χ0) is 13.9.